The van der Waals surface area contributed by atoms with Crippen LogP contribution < -0.4 is 19.1 Å². The number of carbonyl (C=O) groups excluding carboxylic acids is 3. The monoisotopic (exact) mass is 807 g/mol. The van der Waals surface area contributed by atoms with Crippen LogP contribution in [0, 0.1) is 17.8 Å². The molecule has 2 aromatic carbocycles. The van der Waals surface area contributed by atoms with Gasteiger partial charge in [0.25, 0.3) is 11.8 Å². The van der Waals surface area contributed by atoms with Gasteiger partial charge in [0.2, 0.25) is 5.88 Å². The Kier molecular flexibility index (Phi) is 11.3. The molecule has 1 spiro atoms. The van der Waals surface area contributed by atoms with Crippen molar-refractivity contribution in [3.63, 3.8) is 0 Å². The van der Waals surface area contributed by atoms with Gasteiger partial charge in [0.05, 0.1) is 43.8 Å². The molecule has 1 saturated carbocycles. The molecular formula is C41H50ClN5O8S. The van der Waals surface area contributed by atoms with Crippen molar-refractivity contribution in [2.24, 2.45) is 29.2 Å². The second-order valence-electron chi connectivity index (χ2n) is 15.8. The van der Waals surface area contributed by atoms with E-state index in [1.54, 1.807) is 44.3 Å². The number of aromatic nitrogens is 2. The number of ether oxygens (including phenoxy) is 3. The first-order valence-electron chi connectivity index (χ1n) is 19.3. The zero-order valence-electron chi connectivity index (χ0n) is 32.3. The molecular weight excluding hydrogens is 758 g/mol. The fraction of sp³-hybridized carbons (Fsp3) is 0.512. The van der Waals surface area contributed by atoms with E-state index >= 15 is 0 Å². The molecule has 6 atom stereocenters. The van der Waals surface area contributed by atoms with Crippen molar-refractivity contribution in [1.82, 2.24) is 14.5 Å². The first-order chi connectivity index (χ1) is 26.7. The molecule has 56 heavy (non-hydrogen) atoms. The first kappa shape index (κ1) is 39.8. The number of benzene rings is 2. The molecule has 2 N–H and O–H groups in total. The number of nitrogens with one attached hydrogen (secondary N) is 1. The van der Waals surface area contributed by atoms with Crippen LogP contribution in [-0.4, -0.2) is 81.6 Å². The predicted molar refractivity (Wildman–Crippen MR) is 213 cm³/mol. The second kappa shape index (κ2) is 15.9. The molecule has 13 nitrogen and oxygen atoms in total. The minimum atomic E-state index is -3.74. The summed E-state index contributed by atoms with van der Waals surface area (Å²) < 4.78 is 40.1. The Balaban J connectivity index is 1.33. The van der Waals surface area contributed by atoms with Crippen LogP contribution in [0.2, 0.25) is 5.02 Å². The number of aliphatic hydroxyl groups is 1. The third-order valence-electron chi connectivity index (χ3n) is 11.7. The number of allylic oxidation sites excluding steroid dienone is 1. The Morgan fingerprint density at radius 1 is 1.20 bits per heavy atom. The van der Waals surface area contributed by atoms with Gasteiger partial charge < -0.3 is 24.2 Å². The molecule has 2 aliphatic heterocycles. The molecule has 3 aromatic rings. The van der Waals surface area contributed by atoms with E-state index in [1.807, 2.05) is 19.1 Å². The summed E-state index contributed by atoms with van der Waals surface area (Å²) in [5, 5.41) is 17.2. The maximum absolute atomic E-state index is 14.7. The van der Waals surface area contributed by atoms with E-state index in [1.165, 1.54) is 29.1 Å². The van der Waals surface area contributed by atoms with Crippen LogP contribution in [-0.2, 0) is 38.3 Å². The van der Waals surface area contributed by atoms with Crippen molar-refractivity contribution in [3.05, 3.63) is 82.0 Å². The summed E-state index contributed by atoms with van der Waals surface area (Å²) in [4.78, 5) is 42.9. The van der Waals surface area contributed by atoms with Crippen LogP contribution in [0.4, 0.5) is 5.69 Å². The Morgan fingerprint density at radius 2 is 2.02 bits per heavy atom. The number of rotatable bonds is 6. The van der Waals surface area contributed by atoms with E-state index in [0.29, 0.717) is 49.0 Å². The van der Waals surface area contributed by atoms with Gasteiger partial charge in [-0.15, -0.1) is 9.46 Å². The minimum Gasteiger partial charge on any atom is -0.490 e. The van der Waals surface area contributed by atoms with Gasteiger partial charge in [-0.25, -0.2) is 4.21 Å². The summed E-state index contributed by atoms with van der Waals surface area (Å²) in [6.45, 7) is 5.25. The van der Waals surface area contributed by atoms with Gasteiger partial charge in [0, 0.05) is 42.3 Å². The summed E-state index contributed by atoms with van der Waals surface area (Å²) in [6.07, 6.45) is 9.30. The van der Waals surface area contributed by atoms with Gasteiger partial charge in [-0.2, -0.15) is 0 Å². The number of carbonyl (C=O) groups is 3. The van der Waals surface area contributed by atoms with Crippen molar-refractivity contribution in [1.29, 1.82) is 0 Å². The molecule has 15 heteroatoms. The van der Waals surface area contributed by atoms with E-state index in [0.717, 1.165) is 25.7 Å². The lowest BCUT2D eigenvalue weighted by Gasteiger charge is -2.49. The van der Waals surface area contributed by atoms with Crippen LogP contribution in [0.15, 0.2) is 59.1 Å². The third kappa shape index (κ3) is 8.05. The fourth-order valence-electron chi connectivity index (χ4n) is 8.95. The third-order valence-corrected chi connectivity index (χ3v) is 13.9. The van der Waals surface area contributed by atoms with Crippen LogP contribution in [0.1, 0.15) is 84.2 Å². The molecule has 2 bridgehead atoms. The molecule has 1 unspecified atom stereocenters. The van der Waals surface area contributed by atoms with Crippen molar-refractivity contribution >= 4 is 45.0 Å². The Morgan fingerprint density at radius 3 is 2.77 bits per heavy atom. The van der Waals surface area contributed by atoms with Gasteiger partial charge in [0.1, 0.15) is 21.2 Å². The number of esters is 1. The maximum atomic E-state index is 14.7. The minimum absolute atomic E-state index is 0.00291. The summed E-state index contributed by atoms with van der Waals surface area (Å²) in [6, 6.07) is 11.1. The van der Waals surface area contributed by atoms with E-state index in [2.05, 4.69) is 25.1 Å². The predicted octanol–water partition coefficient (Wildman–Crippen LogP) is 5.81. The van der Waals surface area contributed by atoms with Crippen molar-refractivity contribution in [3.8, 4) is 11.6 Å². The molecule has 7 rings (SSSR count). The molecule has 2 amide bonds. The lowest BCUT2D eigenvalue weighted by molar-refractivity contribution is -0.151. The Bertz CT molecular complexity index is 2180. The van der Waals surface area contributed by atoms with Gasteiger partial charge in [0.15, 0.2) is 0 Å². The van der Waals surface area contributed by atoms with Gasteiger partial charge in [-0.05, 0) is 105 Å². The molecule has 2 aliphatic carbocycles. The number of fused-ring (bicyclic) bond motifs is 4. The summed E-state index contributed by atoms with van der Waals surface area (Å²) >= 11 is 6.46. The van der Waals surface area contributed by atoms with Crippen molar-refractivity contribution in [2.75, 3.05) is 44.1 Å². The number of aryl methyl sites for hydroxylation is 2. The maximum Gasteiger partial charge on any atom is 0.309 e. The van der Waals surface area contributed by atoms with Crippen LogP contribution in [0.3, 0.4) is 0 Å². The van der Waals surface area contributed by atoms with E-state index in [-0.39, 0.29) is 53.5 Å². The number of methoxy groups -OCH3 is 1. The largest absolute Gasteiger partial charge is 0.490 e. The highest BCUT2D eigenvalue weighted by Gasteiger charge is 2.49. The van der Waals surface area contributed by atoms with E-state index in [9.17, 15) is 23.7 Å². The van der Waals surface area contributed by atoms with Crippen LogP contribution in [0.5, 0.6) is 11.6 Å². The Hall–Kier alpha value is -4.40. The van der Waals surface area contributed by atoms with Crippen molar-refractivity contribution < 1.29 is 37.9 Å². The van der Waals surface area contributed by atoms with Gasteiger partial charge >= 0.3 is 5.97 Å². The quantitative estimate of drug-likeness (QED) is 0.230. The smallest absolute Gasteiger partial charge is 0.309 e. The summed E-state index contributed by atoms with van der Waals surface area (Å²) in [7, 11) is -0.738. The highest BCUT2D eigenvalue weighted by atomic mass is 35.5. The molecule has 1 aromatic heterocycles. The number of hydrogen-bond donors (Lipinski definition) is 2. The molecule has 4 aliphatic rings. The average Bonchev–Trinajstić information content (AvgIpc) is 3.44. The highest BCUT2D eigenvalue weighted by Crippen LogP contribution is 2.49. The molecule has 3 heterocycles. The SMILES string of the molecule is CCOC(=O)CC1(O)/C=C/C[C@H](C)C[S@@](=O)(NC(=O)c2cn(C)nc2OC)=NC(=O)c2ccc3c(c2)N(C[C@@H]2CC[C@H]21)C[C@@]1(CCCc2cc(Cl)ccc21)CO3. The molecule has 300 valence electrons. The number of halogens is 1. The normalized spacial score (nSPS) is 29.4. The summed E-state index contributed by atoms with van der Waals surface area (Å²) in [5.41, 5.74) is 1.38. The molecule has 0 radical (unpaired) electrons. The number of hydrogen-bond acceptors (Lipinski definition) is 10. The average molecular weight is 808 g/mol. The highest BCUT2D eigenvalue weighted by molar-refractivity contribution is 7.92. The van der Waals surface area contributed by atoms with Gasteiger partial charge in [-0.3, -0.25) is 23.8 Å². The first-order valence-corrected chi connectivity index (χ1v) is 21.3. The van der Waals surface area contributed by atoms with E-state index < -0.39 is 38.7 Å². The zero-order valence-corrected chi connectivity index (χ0v) is 33.9. The Labute approximate surface area is 333 Å². The van der Waals surface area contributed by atoms with E-state index in [4.69, 9.17) is 25.8 Å². The standard InChI is InChI=1S/C41H50ClN5O8S/c1-5-54-36(48)20-41(51)17-6-8-26(2)23-56(52,45-38(50)31-22-46(3)43-39(31)53-4)44-37(49)28-11-15-35-34(19-28)47(21-29-10-13-33(29)41)24-40(25-55-35)16-7-9-27-18-30(42)12-14-32(27)40/h6,11-12,14-15,17-19,22,26,29,33,51H,5,7-10,13,16,20-21,23-25H2,1-4H3,(H,44,45,49,50,52)/b17-6+/t26-,29-,33+,40-,41?,56-/m0/s1. The van der Waals surface area contributed by atoms with Crippen LogP contribution in [0.25, 0.3) is 0 Å². The number of nitrogens with zero attached hydrogens (tertiary/aromatic N) is 4. The number of anilines is 1. The van der Waals surface area contributed by atoms with Gasteiger partial charge in [-0.1, -0.05) is 36.7 Å². The second-order valence-corrected chi connectivity index (χ2v) is 18.2. The molecule has 0 saturated heterocycles. The topological polar surface area (TPSA) is 162 Å². The summed E-state index contributed by atoms with van der Waals surface area (Å²) in [5.74, 6) is -2.17. The van der Waals surface area contributed by atoms with Crippen LogP contribution >= 0.6 is 11.6 Å². The number of amides is 2. The zero-order chi connectivity index (χ0) is 39.8. The lowest BCUT2D eigenvalue weighted by Crippen LogP contribution is -2.53. The molecule has 1 fully saturated rings. The fourth-order valence-corrected chi connectivity index (χ4v) is 11.0. The van der Waals surface area contributed by atoms with Crippen molar-refractivity contribution in [2.45, 2.75) is 69.8 Å². The lowest BCUT2D eigenvalue weighted by atomic mass is 9.63.